The van der Waals surface area contributed by atoms with Crippen LogP contribution in [0.25, 0.3) is 0 Å². The molecular formula is C26H34N2O5S. The van der Waals surface area contributed by atoms with E-state index in [2.05, 4.69) is 13.5 Å². The second kappa shape index (κ2) is 9.74. The van der Waals surface area contributed by atoms with Gasteiger partial charge in [0.05, 0.1) is 35.8 Å². The van der Waals surface area contributed by atoms with Crippen molar-refractivity contribution in [3.05, 3.63) is 48.6 Å². The number of esters is 1. The first kappa shape index (κ1) is 24.8. The van der Waals surface area contributed by atoms with Gasteiger partial charge in [-0.15, -0.1) is 18.3 Å². The predicted octanol–water partition coefficient (Wildman–Crippen LogP) is 2.48. The fourth-order valence-electron chi connectivity index (χ4n) is 6.17. The van der Waals surface area contributed by atoms with Crippen LogP contribution in [0.4, 0.5) is 0 Å². The molecule has 3 fully saturated rings. The van der Waals surface area contributed by atoms with Gasteiger partial charge in [0, 0.05) is 18.3 Å². The Labute approximate surface area is 205 Å². The van der Waals surface area contributed by atoms with E-state index in [1.165, 1.54) is 0 Å². The standard InChI is InChI=1S/C26H34N2O5S/c1-5-12-27(14-18-10-8-7-9-11-18)24(31)22-26-16(3)13-19(34-26)20(25(32)33-6-2)21(26)23(30)28(22)17(4)15-29/h5,7-11,16-17,19-22,29H,1,6,12-15H2,2-4H3/t16?,17-,19-,20+,21+,22?,26?/m1/s1. The fraction of sp³-hybridized carbons (Fsp3) is 0.577. The Hall–Kier alpha value is -2.32. The van der Waals surface area contributed by atoms with Gasteiger partial charge in [0.15, 0.2) is 0 Å². The van der Waals surface area contributed by atoms with E-state index >= 15 is 0 Å². The summed E-state index contributed by atoms with van der Waals surface area (Å²) in [6, 6.07) is 8.42. The van der Waals surface area contributed by atoms with E-state index in [-0.39, 0.29) is 42.2 Å². The van der Waals surface area contributed by atoms with Crippen LogP contribution < -0.4 is 0 Å². The number of carbonyl (C=O) groups excluding carboxylic acids is 3. The van der Waals surface area contributed by atoms with Crippen molar-refractivity contribution in [1.82, 2.24) is 9.80 Å². The molecule has 3 heterocycles. The third kappa shape index (κ3) is 3.75. The van der Waals surface area contributed by atoms with E-state index < -0.39 is 28.7 Å². The van der Waals surface area contributed by atoms with Crippen LogP contribution in [0.15, 0.2) is 43.0 Å². The molecule has 7 atom stereocenters. The van der Waals surface area contributed by atoms with Crippen LogP contribution in [0.5, 0.6) is 0 Å². The fourth-order valence-corrected chi connectivity index (χ4v) is 8.56. The van der Waals surface area contributed by atoms with E-state index in [1.807, 2.05) is 30.3 Å². The average Bonchev–Trinajstić information content (AvgIpc) is 3.42. The van der Waals surface area contributed by atoms with Crippen molar-refractivity contribution in [1.29, 1.82) is 0 Å². The molecule has 184 valence electrons. The molecule has 0 saturated carbocycles. The maximum atomic E-state index is 14.3. The quantitative estimate of drug-likeness (QED) is 0.426. The summed E-state index contributed by atoms with van der Waals surface area (Å²) in [5.41, 5.74) is 0.985. The maximum absolute atomic E-state index is 14.3. The van der Waals surface area contributed by atoms with Crippen molar-refractivity contribution in [3.63, 3.8) is 0 Å². The highest BCUT2D eigenvalue weighted by atomic mass is 32.2. The van der Waals surface area contributed by atoms with Gasteiger partial charge in [-0.25, -0.2) is 0 Å². The monoisotopic (exact) mass is 486 g/mol. The van der Waals surface area contributed by atoms with Crippen LogP contribution >= 0.6 is 11.8 Å². The second-order valence-corrected chi connectivity index (χ2v) is 11.1. The number of thioether (sulfide) groups is 1. The first-order valence-corrected chi connectivity index (χ1v) is 12.9. The number of aliphatic hydroxyl groups excluding tert-OH is 1. The van der Waals surface area contributed by atoms with Crippen molar-refractivity contribution >= 4 is 29.5 Å². The Morgan fingerprint density at radius 3 is 2.71 bits per heavy atom. The Morgan fingerprint density at radius 1 is 1.38 bits per heavy atom. The Balaban J connectivity index is 1.77. The lowest BCUT2D eigenvalue weighted by atomic mass is 9.66. The second-order valence-electron chi connectivity index (χ2n) is 9.57. The summed E-state index contributed by atoms with van der Waals surface area (Å²) in [6.07, 6.45) is 2.44. The summed E-state index contributed by atoms with van der Waals surface area (Å²) < 4.78 is 4.64. The normalized spacial score (nSPS) is 32.4. The highest BCUT2D eigenvalue weighted by Crippen LogP contribution is 2.69. The van der Waals surface area contributed by atoms with Gasteiger partial charge in [-0.3, -0.25) is 14.4 Å². The molecule has 1 N–H and O–H groups in total. The van der Waals surface area contributed by atoms with E-state index in [9.17, 15) is 19.5 Å². The minimum Gasteiger partial charge on any atom is -0.466 e. The topological polar surface area (TPSA) is 87.2 Å². The molecule has 34 heavy (non-hydrogen) atoms. The molecule has 0 radical (unpaired) electrons. The maximum Gasteiger partial charge on any atom is 0.310 e. The van der Waals surface area contributed by atoms with E-state index in [4.69, 9.17) is 4.74 Å². The zero-order valence-electron chi connectivity index (χ0n) is 20.1. The molecule has 3 aliphatic rings. The lowest BCUT2D eigenvalue weighted by Crippen LogP contribution is -2.58. The summed E-state index contributed by atoms with van der Waals surface area (Å²) in [7, 11) is 0. The molecule has 1 aromatic rings. The van der Waals surface area contributed by atoms with Crippen molar-refractivity contribution in [2.24, 2.45) is 17.8 Å². The zero-order valence-corrected chi connectivity index (χ0v) is 20.9. The average molecular weight is 487 g/mol. The summed E-state index contributed by atoms with van der Waals surface area (Å²) >= 11 is 1.62. The zero-order chi connectivity index (χ0) is 24.6. The molecule has 8 heteroatoms. The minimum absolute atomic E-state index is 0.0492. The molecule has 2 amide bonds. The lowest BCUT2D eigenvalue weighted by Gasteiger charge is -2.41. The van der Waals surface area contributed by atoms with Crippen molar-refractivity contribution < 1.29 is 24.2 Å². The summed E-state index contributed by atoms with van der Waals surface area (Å²) in [5.74, 6) is -1.88. The highest BCUT2D eigenvalue weighted by molar-refractivity contribution is 8.02. The van der Waals surface area contributed by atoms with E-state index in [1.54, 1.807) is 41.5 Å². The van der Waals surface area contributed by atoms with Gasteiger partial charge >= 0.3 is 5.97 Å². The number of likely N-dealkylation sites (tertiary alicyclic amines) is 1. The number of rotatable bonds is 9. The molecule has 3 aliphatic heterocycles. The number of hydrogen-bond acceptors (Lipinski definition) is 6. The van der Waals surface area contributed by atoms with E-state index in [0.29, 0.717) is 13.1 Å². The number of amides is 2. The SMILES string of the molecule is C=CCN(Cc1ccccc1)C(=O)C1N([C@H](C)CO)C(=O)[C@@H]2[C@@H](C(=O)OCC)[C@H]3CC(C)C12S3. The number of hydrogen-bond donors (Lipinski definition) is 1. The predicted molar refractivity (Wildman–Crippen MR) is 131 cm³/mol. The first-order valence-electron chi connectivity index (χ1n) is 12.0. The van der Waals surface area contributed by atoms with Crippen molar-refractivity contribution in [3.8, 4) is 0 Å². The summed E-state index contributed by atoms with van der Waals surface area (Å²) in [5, 5.41) is 9.96. The van der Waals surface area contributed by atoms with Crippen LogP contribution in [0.1, 0.15) is 32.8 Å². The molecule has 3 saturated heterocycles. The van der Waals surface area contributed by atoms with Crippen LogP contribution in [-0.2, 0) is 25.7 Å². The number of nitrogens with zero attached hydrogens (tertiary/aromatic N) is 2. The first-order chi connectivity index (χ1) is 16.3. The third-order valence-corrected chi connectivity index (χ3v) is 9.67. The number of aliphatic hydroxyl groups is 1. The minimum atomic E-state index is -0.764. The molecule has 1 aromatic carbocycles. The van der Waals surface area contributed by atoms with Crippen LogP contribution in [0, 0.1) is 17.8 Å². The van der Waals surface area contributed by atoms with Gasteiger partial charge in [-0.05, 0) is 31.7 Å². The molecule has 0 aromatic heterocycles. The molecular weight excluding hydrogens is 452 g/mol. The van der Waals surface area contributed by atoms with Crippen molar-refractivity contribution in [2.45, 2.75) is 55.8 Å². The molecule has 7 nitrogen and oxygen atoms in total. The Kier molecular flexibility index (Phi) is 7.10. The van der Waals surface area contributed by atoms with E-state index in [0.717, 1.165) is 12.0 Å². The smallest absolute Gasteiger partial charge is 0.310 e. The van der Waals surface area contributed by atoms with Gasteiger partial charge in [0.1, 0.15) is 6.04 Å². The lowest BCUT2D eigenvalue weighted by molar-refractivity contribution is -0.154. The number of carbonyl (C=O) groups is 3. The number of fused-ring (bicyclic) bond motifs is 1. The highest BCUT2D eigenvalue weighted by Gasteiger charge is 2.76. The van der Waals surface area contributed by atoms with Gasteiger partial charge < -0.3 is 19.6 Å². The van der Waals surface area contributed by atoms with Gasteiger partial charge in [-0.2, -0.15) is 0 Å². The molecule has 0 aliphatic carbocycles. The molecule has 3 unspecified atom stereocenters. The van der Waals surface area contributed by atoms with Gasteiger partial charge in [-0.1, -0.05) is 43.3 Å². The van der Waals surface area contributed by atoms with Crippen LogP contribution in [0.2, 0.25) is 0 Å². The third-order valence-electron chi connectivity index (χ3n) is 7.59. The molecule has 1 spiro atoms. The van der Waals surface area contributed by atoms with Gasteiger partial charge in [0.2, 0.25) is 11.8 Å². The van der Waals surface area contributed by atoms with Crippen LogP contribution in [-0.4, -0.2) is 74.5 Å². The van der Waals surface area contributed by atoms with Crippen molar-refractivity contribution in [2.75, 3.05) is 19.8 Å². The van der Waals surface area contributed by atoms with Crippen LogP contribution in [0.3, 0.4) is 0 Å². The Bertz CT molecular complexity index is 956. The summed E-state index contributed by atoms with van der Waals surface area (Å²) in [4.78, 5) is 44.4. The number of ether oxygens (including phenoxy) is 1. The Morgan fingerprint density at radius 2 is 2.09 bits per heavy atom. The molecule has 2 bridgehead atoms. The van der Waals surface area contributed by atoms with Gasteiger partial charge in [0.25, 0.3) is 0 Å². The summed E-state index contributed by atoms with van der Waals surface area (Å²) in [6.45, 7) is 10.2. The number of benzene rings is 1. The largest absolute Gasteiger partial charge is 0.466 e. The molecule has 4 rings (SSSR count).